The summed E-state index contributed by atoms with van der Waals surface area (Å²) >= 11 is 18.0. The van der Waals surface area contributed by atoms with Gasteiger partial charge in [-0.15, -0.1) is 0 Å². The third-order valence-electron chi connectivity index (χ3n) is 2.28. The lowest BCUT2D eigenvalue weighted by atomic mass is 10.3. The smallest absolute Gasteiger partial charge is 0.166 e. The van der Waals surface area contributed by atoms with Crippen LogP contribution in [0.5, 0.6) is 17.2 Å². The average molecular weight is 304 g/mol. The van der Waals surface area contributed by atoms with E-state index in [1.807, 2.05) is 0 Å². The second-order valence-corrected chi connectivity index (χ2v) is 4.64. The van der Waals surface area contributed by atoms with Crippen molar-refractivity contribution in [1.82, 2.24) is 0 Å². The van der Waals surface area contributed by atoms with Crippen molar-refractivity contribution in [2.75, 3.05) is 7.11 Å². The first kappa shape index (κ1) is 13.3. The van der Waals surface area contributed by atoms with Crippen molar-refractivity contribution >= 4 is 34.8 Å². The van der Waals surface area contributed by atoms with Crippen LogP contribution in [-0.4, -0.2) is 7.11 Å². The van der Waals surface area contributed by atoms with E-state index in [4.69, 9.17) is 44.3 Å². The van der Waals surface area contributed by atoms with Crippen molar-refractivity contribution in [3.8, 4) is 17.2 Å². The fraction of sp³-hybridized carbons (Fsp3) is 0.0769. The molecule has 0 N–H and O–H groups in total. The maximum absolute atomic E-state index is 6.04. The van der Waals surface area contributed by atoms with Crippen LogP contribution in [0.4, 0.5) is 0 Å². The zero-order valence-electron chi connectivity index (χ0n) is 9.41. The van der Waals surface area contributed by atoms with Crippen molar-refractivity contribution in [2.45, 2.75) is 0 Å². The first-order valence-corrected chi connectivity index (χ1v) is 6.20. The summed E-state index contributed by atoms with van der Waals surface area (Å²) in [5.41, 5.74) is 0. The molecule has 0 aromatic heterocycles. The molecule has 2 nitrogen and oxygen atoms in total. The van der Waals surface area contributed by atoms with Crippen molar-refractivity contribution in [3.05, 3.63) is 51.5 Å². The van der Waals surface area contributed by atoms with Crippen LogP contribution >= 0.6 is 34.8 Å². The molecule has 0 saturated heterocycles. The number of ether oxygens (including phenoxy) is 2. The molecule has 94 valence electrons. The van der Waals surface area contributed by atoms with Gasteiger partial charge in [-0.2, -0.15) is 0 Å². The maximum atomic E-state index is 6.04. The van der Waals surface area contributed by atoms with Gasteiger partial charge in [0.05, 0.1) is 17.2 Å². The Bertz CT molecular complexity index is 553. The van der Waals surface area contributed by atoms with Gasteiger partial charge in [-0.3, -0.25) is 0 Å². The summed E-state index contributed by atoms with van der Waals surface area (Å²) in [5.74, 6) is 1.68. The van der Waals surface area contributed by atoms with Gasteiger partial charge in [0, 0.05) is 0 Å². The van der Waals surface area contributed by atoms with E-state index in [0.29, 0.717) is 26.6 Å². The van der Waals surface area contributed by atoms with Crippen molar-refractivity contribution < 1.29 is 9.47 Å². The fourth-order valence-corrected chi connectivity index (χ4v) is 1.96. The summed E-state index contributed by atoms with van der Waals surface area (Å²) < 4.78 is 10.7. The van der Waals surface area contributed by atoms with Crippen molar-refractivity contribution in [1.29, 1.82) is 0 Å². The van der Waals surface area contributed by atoms with Crippen LogP contribution in [0.1, 0.15) is 0 Å². The molecule has 0 unspecified atom stereocenters. The molecule has 0 amide bonds. The zero-order chi connectivity index (χ0) is 13.1. The highest BCUT2D eigenvalue weighted by Gasteiger charge is 2.12. The van der Waals surface area contributed by atoms with E-state index >= 15 is 0 Å². The highest BCUT2D eigenvalue weighted by atomic mass is 35.5. The lowest BCUT2D eigenvalue weighted by Gasteiger charge is -2.10. The minimum atomic E-state index is 0.292. The average Bonchev–Trinajstić information content (AvgIpc) is 2.40. The Morgan fingerprint density at radius 2 is 1.33 bits per heavy atom. The van der Waals surface area contributed by atoms with Gasteiger partial charge in [0.1, 0.15) is 16.5 Å². The van der Waals surface area contributed by atoms with Gasteiger partial charge < -0.3 is 9.47 Å². The summed E-state index contributed by atoms with van der Waals surface area (Å²) in [6, 6.07) is 10.3. The Labute approximate surface area is 120 Å². The zero-order valence-corrected chi connectivity index (χ0v) is 11.7. The number of halogens is 3. The first-order valence-electron chi connectivity index (χ1n) is 5.07. The van der Waals surface area contributed by atoms with Crippen LogP contribution in [0.15, 0.2) is 36.4 Å². The van der Waals surface area contributed by atoms with Crippen LogP contribution in [0, 0.1) is 0 Å². The summed E-state index contributed by atoms with van der Waals surface area (Å²) in [7, 11) is 1.60. The predicted molar refractivity (Wildman–Crippen MR) is 74.5 cm³/mol. The minimum absolute atomic E-state index is 0.292. The molecule has 5 heteroatoms. The number of benzene rings is 2. The van der Waals surface area contributed by atoms with Gasteiger partial charge in [-0.05, 0) is 36.4 Å². The highest BCUT2D eigenvalue weighted by Crippen LogP contribution is 2.40. The second kappa shape index (κ2) is 5.70. The summed E-state index contributed by atoms with van der Waals surface area (Å²) in [6.07, 6.45) is 0. The number of hydrogen-bond acceptors (Lipinski definition) is 2. The molecule has 2 aromatic rings. The highest BCUT2D eigenvalue weighted by molar-refractivity contribution is 6.44. The van der Waals surface area contributed by atoms with E-state index in [0.717, 1.165) is 5.75 Å². The predicted octanol–water partition coefficient (Wildman–Crippen LogP) is 5.45. The molecular formula is C13H9Cl3O2. The lowest BCUT2D eigenvalue weighted by molar-refractivity contribution is 0.413. The van der Waals surface area contributed by atoms with E-state index in [2.05, 4.69) is 0 Å². The molecule has 0 fully saturated rings. The largest absolute Gasteiger partial charge is 0.497 e. The molecule has 0 spiro atoms. The summed E-state index contributed by atoms with van der Waals surface area (Å²) in [4.78, 5) is 0. The normalized spacial score (nSPS) is 10.2. The fourth-order valence-electron chi connectivity index (χ4n) is 1.36. The summed E-state index contributed by atoms with van der Waals surface area (Å²) in [5, 5.41) is 1.09. The standard InChI is InChI=1S/C13H9Cl3O2/c1-17-8-2-4-9(5-3-8)18-13-11(15)7-6-10(14)12(13)16/h2-7H,1H3. The Morgan fingerprint density at radius 1 is 0.778 bits per heavy atom. The SMILES string of the molecule is COc1ccc(Oc2c(Cl)ccc(Cl)c2Cl)cc1. The van der Waals surface area contributed by atoms with Gasteiger partial charge in [0.15, 0.2) is 5.75 Å². The third-order valence-corrected chi connectivity index (χ3v) is 3.37. The van der Waals surface area contributed by atoms with Crippen LogP contribution in [-0.2, 0) is 0 Å². The van der Waals surface area contributed by atoms with E-state index in [-0.39, 0.29) is 0 Å². The molecule has 0 bridgehead atoms. The molecule has 0 heterocycles. The molecule has 0 aliphatic heterocycles. The van der Waals surface area contributed by atoms with Crippen LogP contribution in [0.3, 0.4) is 0 Å². The van der Waals surface area contributed by atoms with E-state index in [1.165, 1.54) is 0 Å². The number of hydrogen-bond donors (Lipinski definition) is 0. The Balaban J connectivity index is 2.30. The lowest BCUT2D eigenvalue weighted by Crippen LogP contribution is -1.88. The van der Waals surface area contributed by atoms with E-state index in [1.54, 1.807) is 43.5 Å². The minimum Gasteiger partial charge on any atom is -0.497 e. The number of methoxy groups -OCH3 is 1. The van der Waals surface area contributed by atoms with Crippen LogP contribution in [0.25, 0.3) is 0 Å². The first-order chi connectivity index (χ1) is 8.61. The molecule has 0 atom stereocenters. The van der Waals surface area contributed by atoms with Gasteiger partial charge >= 0.3 is 0 Å². The quantitative estimate of drug-likeness (QED) is 0.702. The summed E-state index contributed by atoms with van der Waals surface area (Å²) in [6.45, 7) is 0. The van der Waals surface area contributed by atoms with Crippen molar-refractivity contribution in [2.24, 2.45) is 0 Å². The second-order valence-electron chi connectivity index (χ2n) is 3.45. The van der Waals surface area contributed by atoms with E-state index < -0.39 is 0 Å². The molecule has 2 rings (SSSR count). The molecule has 18 heavy (non-hydrogen) atoms. The monoisotopic (exact) mass is 302 g/mol. The molecule has 0 aliphatic carbocycles. The van der Waals surface area contributed by atoms with Crippen LogP contribution in [0.2, 0.25) is 15.1 Å². The molecule has 0 aliphatic rings. The Morgan fingerprint density at radius 3 is 1.94 bits per heavy atom. The topological polar surface area (TPSA) is 18.5 Å². The molecule has 0 saturated carbocycles. The maximum Gasteiger partial charge on any atom is 0.166 e. The molecule has 2 aromatic carbocycles. The van der Waals surface area contributed by atoms with Gasteiger partial charge in [0.25, 0.3) is 0 Å². The Hall–Kier alpha value is -1.09. The molecule has 0 radical (unpaired) electrons. The number of rotatable bonds is 3. The third kappa shape index (κ3) is 2.83. The van der Waals surface area contributed by atoms with Gasteiger partial charge in [-0.1, -0.05) is 34.8 Å². The van der Waals surface area contributed by atoms with E-state index in [9.17, 15) is 0 Å². The van der Waals surface area contributed by atoms with Gasteiger partial charge in [-0.25, -0.2) is 0 Å². The van der Waals surface area contributed by atoms with Gasteiger partial charge in [0.2, 0.25) is 0 Å². The molecular weight excluding hydrogens is 294 g/mol. The van der Waals surface area contributed by atoms with Crippen molar-refractivity contribution in [3.63, 3.8) is 0 Å². The Kier molecular flexibility index (Phi) is 4.23. The van der Waals surface area contributed by atoms with Crippen LogP contribution < -0.4 is 9.47 Å².